The van der Waals surface area contributed by atoms with Crippen LogP contribution in [0.5, 0.6) is 0 Å². The van der Waals surface area contributed by atoms with E-state index in [1.54, 1.807) is 41.5 Å². The summed E-state index contributed by atoms with van der Waals surface area (Å²) in [6.45, 7) is 14.5. The number of ether oxygens (including phenoxy) is 2. The molecule has 3 atom stereocenters. The minimum atomic E-state index is -1.03. The zero-order valence-electron chi connectivity index (χ0n) is 15.7. The highest BCUT2D eigenvalue weighted by molar-refractivity contribution is 5.71. The van der Waals surface area contributed by atoms with Gasteiger partial charge in [0.25, 0.3) is 0 Å². The van der Waals surface area contributed by atoms with Crippen molar-refractivity contribution in [1.82, 2.24) is 5.32 Å². The van der Waals surface area contributed by atoms with Crippen LogP contribution in [0.1, 0.15) is 68.2 Å². The average molecular weight is 331 g/mol. The van der Waals surface area contributed by atoms with E-state index >= 15 is 0 Å². The predicted molar refractivity (Wildman–Crippen MR) is 89.1 cm³/mol. The minimum absolute atomic E-state index is 0.0139. The normalized spacial score (nSPS) is 16.2. The Balaban J connectivity index is 4.83. The quantitative estimate of drug-likeness (QED) is 0.731. The molecule has 6 heteroatoms. The summed E-state index contributed by atoms with van der Waals surface area (Å²) in [7, 11) is 0. The number of aliphatic hydroxyl groups is 1. The van der Waals surface area contributed by atoms with Gasteiger partial charge in [0.15, 0.2) is 0 Å². The van der Waals surface area contributed by atoms with Gasteiger partial charge in [-0.1, -0.05) is 20.3 Å². The summed E-state index contributed by atoms with van der Waals surface area (Å²) >= 11 is 0. The van der Waals surface area contributed by atoms with E-state index in [1.807, 2.05) is 13.8 Å². The van der Waals surface area contributed by atoms with Gasteiger partial charge in [0, 0.05) is 0 Å². The molecule has 0 heterocycles. The van der Waals surface area contributed by atoms with E-state index in [-0.39, 0.29) is 12.3 Å². The van der Waals surface area contributed by atoms with Crippen molar-refractivity contribution >= 4 is 12.1 Å². The van der Waals surface area contributed by atoms with Crippen LogP contribution in [0.4, 0.5) is 4.79 Å². The fourth-order valence-electron chi connectivity index (χ4n) is 2.00. The molecule has 0 aromatic rings. The molecule has 0 fully saturated rings. The molecule has 136 valence electrons. The van der Waals surface area contributed by atoms with Crippen LogP contribution in [0.25, 0.3) is 0 Å². The summed E-state index contributed by atoms with van der Waals surface area (Å²) in [5.74, 6) is -0.510. The summed E-state index contributed by atoms with van der Waals surface area (Å²) in [6.07, 6.45) is -1.08. The van der Waals surface area contributed by atoms with E-state index in [0.29, 0.717) is 0 Å². The Labute approximate surface area is 139 Å². The Morgan fingerprint density at radius 1 is 1.04 bits per heavy atom. The van der Waals surface area contributed by atoms with Gasteiger partial charge in [-0.25, -0.2) is 4.79 Å². The number of rotatable bonds is 6. The molecule has 0 aromatic carbocycles. The molecule has 23 heavy (non-hydrogen) atoms. The molecule has 0 aliphatic heterocycles. The van der Waals surface area contributed by atoms with Gasteiger partial charge in [-0.2, -0.15) is 0 Å². The highest BCUT2D eigenvalue weighted by Crippen LogP contribution is 2.17. The third-order valence-corrected chi connectivity index (χ3v) is 3.15. The Hall–Kier alpha value is -1.30. The second kappa shape index (κ2) is 8.52. The Morgan fingerprint density at radius 2 is 1.52 bits per heavy atom. The van der Waals surface area contributed by atoms with Crippen LogP contribution in [0.3, 0.4) is 0 Å². The first kappa shape index (κ1) is 21.7. The van der Waals surface area contributed by atoms with Crippen molar-refractivity contribution < 1.29 is 24.2 Å². The zero-order chi connectivity index (χ0) is 18.4. The molecule has 2 N–H and O–H groups in total. The largest absolute Gasteiger partial charge is 0.460 e. The lowest BCUT2D eigenvalue weighted by atomic mass is 9.93. The number of hydrogen-bond acceptors (Lipinski definition) is 5. The predicted octanol–water partition coefficient (Wildman–Crippen LogP) is 3.02. The first-order chi connectivity index (χ1) is 10.2. The van der Waals surface area contributed by atoms with Crippen LogP contribution in [-0.4, -0.2) is 40.5 Å². The van der Waals surface area contributed by atoms with E-state index in [4.69, 9.17) is 9.47 Å². The molecular formula is C17H33NO5. The summed E-state index contributed by atoms with van der Waals surface area (Å²) in [6, 6.07) is -0.581. The average Bonchev–Trinajstić information content (AvgIpc) is 2.30. The molecule has 0 unspecified atom stereocenters. The number of carbonyl (C=O) groups is 2. The molecule has 0 saturated heterocycles. The van der Waals surface area contributed by atoms with Gasteiger partial charge in [0.2, 0.25) is 0 Å². The summed E-state index contributed by atoms with van der Waals surface area (Å²) < 4.78 is 10.4. The molecule has 0 rings (SSSR count). The minimum Gasteiger partial charge on any atom is -0.460 e. The summed E-state index contributed by atoms with van der Waals surface area (Å²) in [4.78, 5) is 23.8. The Bertz CT molecular complexity index is 395. The lowest BCUT2D eigenvalue weighted by Gasteiger charge is -2.30. The number of hydrogen-bond donors (Lipinski definition) is 2. The number of carbonyl (C=O) groups excluding carboxylic acids is 2. The van der Waals surface area contributed by atoms with Crippen LogP contribution >= 0.6 is 0 Å². The van der Waals surface area contributed by atoms with Crippen LogP contribution in [0.2, 0.25) is 0 Å². The lowest BCUT2D eigenvalue weighted by molar-refractivity contribution is -0.157. The standard InChI is InChI=1S/C17H33NO5/c1-9-11(2)14(18-15(21)23-17(6,7)8)12(19)10-13(20)22-16(3,4)5/h11-12,14,19H,9-10H2,1-8H3,(H,18,21)/t11-,12-,14-/m0/s1. The van der Waals surface area contributed by atoms with Crippen molar-refractivity contribution in [2.75, 3.05) is 0 Å². The van der Waals surface area contributed by atoms with Gasteiger partial charge < -0.3 is 19.9 Å². The van der Waals surface area contributed by atoms with E-state index in [9.17, 15) is 14.7 Å². The lowest BCUT2D eigenvalue weighted by Crippen LogP contribution is -2.49. The molecule has 0 radical (unpaired) electrons. The topological polar surface area (TPSA) is 84.9 Å². The maximum absolute atomic E-state index is 11.9. The molecule has 0 aliphatic carbocycles. The van der Waals surface area contributed by atoms with Gasteiger partial charge in [0.1, 0.15) is 11.2 Å². The second-order valence-corrected chi connectivity index (χ2v) is 7.92. The monoisotopic (exact) mass is 331 g/mol. The Kier molecular flexibility index (Phi) is 8.04. The maximum atomic E-state index is 11.9. The van der Waals surface area contributed by atoms with Crippen molar-refractivity contribution in [2.45, 2.75) is 91.6 Å². The number of esters is 1. The molecule has 0 spiro atoms. The van der Waals surface area contributed by atoms with E-state index in [2.05, 4.69) is 5.32 Å². The Morgan fingerprint density at radius 3 is 1.91 bits per heavy atom. The van der Waals surface area contributed by atoms with Crippen molar-refractivity contribution in [2.24, 2.45) is 5.92 Å². The summed E-state index contributed by atoms with van der Waals surface area (Å²) in [5, 5.41) is 13.0. The number of amides is 1. The molecule has 0 saturated carbocycles. The molecule has 0 aromatic heterocycles. The van der Waals surface area contributed by atoms with Gasteiger partial charge in [0.05, 0.1) is 18.6 Å². The van der Waals surface area contributed by atoms with Crippen molar-refractivity contribution in [3.05, 3.63) is 0 Å². The van der Waals surface area contributed by atoms with Crippen LogP contribution in [0, 0.1) is 5.92 Å². The highest BCUT2D eigenvalue weighted by atomic mass is 16.6. The van der Waals surface area contributed by atoms with Gasteiger partial charge >= 0.3 is 12.1 Å². The molecular weight excluding hydrogens is 298 g/mol. The molecule has 0 aliphatic rings. The number of alkyl carbamates (subject to hydrolysis) is 1. The SMILES string of the molecule is CC[C@H](C)[C@H](NC(=O)OC(C)(C)C)[C@@H](O)CC(=O)OC(C)(C)C. The zero-order valence-corrected chi connectivity index (χ0v) is 15.7. The first-order valence-electron chi connectivity index (χ1n) is 8.14. The van der Waals surface area contributed by atoms with Crippen LogP contribution in [-0.2, 0) is 14.3 Å². The fraction of sp³-hybridized carbons (Fsp3) is 0.882. The van der Waals surface area contributed by atoms with Gasteiger partial charge in [-0.3, -0.25) is 4.79 Å². The van der Waals surface area contributed by atoms with E-state index in [0.717, 1.165) is 6.42 Å². The first-order valence-corrected chi connectivity index (χ1v) is 8.14. The second-order valence-electron chi connectivity index (χ2n) is 7.92. The van der Waals surface area contributed by atoms with Crippen molar-refractivity contribution in [3.8, 4) is 0 Å². The number of nitrogens with one attached hydrogen (secondary N) is 1. The van der Waals surface area contributed by atoms with Crippen LogP contribution < -0.4 is 5.32 Å². The molecule has 0 bridgehead atoms. The smallest absolute Gasteiger partial charge is 0.407 e. The highest BCUT2D eigenvalue weighted by Gasteiger charge is 2.31. The third kappa shape index (κ3) is 10.2. The summed E-state index contributed by atoms with van der Waals surface area (Å²) in [5.41, 5.74) is -1.23. The fourth-order valence-corrected chi connectivity index (χ4v) is 2.00. The molecule has 1 amide bonds. The van der Waals surface area contributed by atoms with Crippen molar-refractivity contribution in [1.29, 1.82) is 0 Å². The van der Waals surface area contributed by atoms with Crippen molar-refractivity contribution in [3.63, 3.8) is 0 Å². The maximum Gasteiger partial charge on any atom is 0.407 e. The number of aliphatic hydroxyl groups excluding tert-OH is 1. The van der Waals surface area contributed by atoms with E-state index in [1.165, 1.54) is 0 Å². The van der Waals surface area contributed by atoms with E-state index < -0.39 is 35.4 Å². The van der Waals surface area contributed by atoms with Gasteiger partial charge in [-0.15, -0.1) is 0 Å². The molecule has 6 nitrogen and oxygen atoms in total. The van der Waals surface area contributed by atoms with Crippen LogP contribution in [0.15, 0.2) is 0 Å². The third-order valence-electron chi connectivity index (χ3n) is 3.15. The van der Waals surface area contributed by atoms with Gasteiger partial charge in [-0.05, 0) is 47.5 Å².